The van der Waals surface area contributed by atoms with Gasteiger partial charge in [0.05, 0.1) is 5.56 Å². The Balaban J connectivity index is 2.13. The van der Waals surface area contributed by atoms with Gasteiger partial charge in [0.25, 0.3) is 0 Å². The summed E-state index contributed by atoms with van der Waals surface area (Å²) in [4.78, 5) is 15.2. The number of ether oxygens (including phenoxy) is 1. The van der Waals surface area contributed by atoms with Crippen LogP contribution in [0.5, 0.6) is 5.75 Å². The SMILES string of the molecule is CC(C)n1ncnc1COc1ccc(Br)c(C(=O)O)c1. The molecule has 6 nitrogen and oxygen atoms in total. The number of carboxylic acid groups (broad SMARTS) is 1. The van der Waals surface area contributed by atoms with E-state index >= 15 is 0 Å². The summed E-state index contributed by atoms with van der Waals surface area (Å²) < 4.78 is 7.86. The average molecular weight is 340 g/mol. The Bertz CT molecular complexity index is 625. The van der Waals surface area contributed by atoms with Gasteiger partial charge in [0.2, 0.25) is 0 Å². The van der Waals surface area contributed by atoms with Crippen molar-refractivity contribution in [3.05, 3.63) is 40.4 Å². The molecular weight excluding hydrogens is 326 g/mol. The minimum Gasteiger partial charge on any atom is -0.486 e. The van der Waals surface area contributed by atoms with Crippen LogP contribution in [0.15, 0.2) is 29.0 Å². The number of carbonyl (C=O) groups is 1. The molecule has 0 unspecified atom stereocenters. The van der Waals surface area contributed by atoms with E-state index in [0.29, 0.717) is 16.0 Å². The van der Waals surface area contributed by atoms with Crippen molar-refractivity contribution in [2.75, 3.05) is 0 Å². The highest BCUT2D eigenvalue weighted by Gasteiger charge is 2.11. The fraction of sp³-hybridized carbons (Fsp3) is 0.308. The van der Waals surface area contributed by atoms with E-state index in [2.05, 4.69) is 26.0 Å². The average Bonchev–Trinajstić information content (AvgIpc) is 2.86. The first-order valence-corrected chi connectivity index (χ1v) is 6.82. The molecule has 1 heterocycles. The van der Waals surface area contributed by atoms with Gasteiger partial charge in [-0.3, -0.25) is 0 Å². The number of hydrogen-bond acceptors (Lipinski definition) is 4. The van der Waals surface area contributed by atoms with Crippen LogP contribution in [0.3, 0.4) is 0 Å². The van der Waals surface area contributed by atoms with Crippen molar-refractivity contribution in [2.24, 2.45) is 0 Å². The van der Waals surface area contributed by atoms with Crippen molar-refractivity contribution in [3.8, 4) is 5.75 Å². The number of rotatable bonds is 5. The van der Waals surface area contributed by atoms with Gasteiger partial charge in [-0.2, -0.15) is 5.10 Å². The lowest BCUT2D eigenvalue weighted by Gasteiger charge is -2.11. The van der Waals surface area contributed by atoms with Crippen molar-refractivity contribution < 1.29 is 14.6 Å². The normalized spacial score (nSPS) is 10.8. The van der Waals surface area contributed by atoms with Gasteiger partial charge in [-0.25, -0.2) is 14.5 Å². The minimum atomic E-state index is -1.01. The second-order valence-corrected chi connectivity index (χ2v) is 5.30. The summed E-state index contributed by atoms with van der Waals surface area (Å²) in [5.74, 6) is 0.163. The van der Waals surface area contributed by atoms with Crippen molar-refractivity contribution in [2.45, 2.75) is 26.5 Å². The van der Waals surface area contributed by atoms with Gasteiger partial charge in [-0.15, -0.1) is 0 Å². The number of halogens is 1. The fourth-order valence-electron chi connectivity index (χ4n) is 1.71. The molecule has 0 spiro atoms. The van der Waals surface area contributed by atoms with E-state index in [1.165, 1.54) is 12.4 Å². The molecule has 0 amide bonds. The van der Waals surface area contributed by atoms with Crippen LogP contribution in [-0.2, 0) is 6.61 Å². The number of benzene rings is 1. The molecule has 1 aromatic carbocycles. The lowest BCUT2D eigenvalue weighted by molar-refractivity contribution is 0.0695. The van der Waals surface area contributed by atoms with Crippen LogP contribution in [0.1, 0.15) is 36.1 Å². The van der Waals surface area contributed by atoms with Gasteiger partial charge >= 0.3 is 5.97 Å². The van der Waals surface area contributed by atoms with Crippen LogP contribution < -0.4 is 4.74 Å². The van der Waals surface area contributed by atoms with Crippen molar-refractivity contribution in [1.82, 2.24) is 14.8 Å². The minimum absolute atomic E-state index is 0.160. The maximum Gasteiger partial charge on any atom is 0.336 e. The van der Waals surface area contributed by atoms with E-state index in [-0.39, 0.29) is 18.2 Å². The monoisotopic (exact) mass is 339 g/mol. The molecule has 0 aliphatic heterocycles. The summed E-state index contributed by atoms with van der Waals surface area (Å²) in [6.45, 7) is 4.24. The van der Waals surface area contributed by atoms with Crippen molar-refractivity contribution >= 4 is 21.9 Å². The van der Waals surface area contributed by atoms with Crippen LogP contribution in [0.4, 0.5) is 0 Å². The number of aromatic carboxylic acids is 1. The molecule has 0 bridgehead atoms. The molecule has 0 aliphatic rings. The summed E-state index contributed by atoms with van der Waals surface area (Å²) in [5.41, 5.74) is 0.160. The molecule has 20 heavy (non-hydrogen) atoms. The molecule has 106 valence electrons. The summed E-state index contributed by atoms with van der Waals surface area (Å²) >= 11 is 3.19. The Morgan fingerprint density at radius 1 is 1.50 bits per heavy atom. The van der Waals surface area contributed by atoms with Crippen LogP contribution in [0, 0.1) is 0 Å². The number of hydrogen-bond donors (Lipinski definition) is 1. The molecule has 0 saturated heterocycles. The summed E-state index contributed by atoms with van der Waals surface area (Å²) in [6, 6.07) is 5.01. The third-order valence-corrected chi connectivity index (χ3v) is 3.36. The Labute approximate surface area is 124 Å². The van der Waals surface area contributed by atoms with E-state index in [0.717, 1.165) is 0 Å². The molecule has 2 aromatic rings. The van der Waals surface area contributed by atoms with Gasteiger partial charge in [0.15, 0.2) is 5.82 Å². The van der Waals surface area contributed by atoms with E-state index in [1.54, 1.807) is 16.8 Å². The summed E-state index contributed by atoms with van der Waals surface area (Å²) in [5, 5.41) is 13.2. The number of aromatic nitrogens is 3. The Kier molecular flexibility index (Phi) is 4.39. The molecule has 0 saturated carbocycles. The van der Waals surface area contributed by atoms with E-state index in [9.17, 15) is 4.79 Å². The zero-order chi connectivity index (χ0) is 14.7. The van der Waals surface area contributed by atoms with E-state index in [4.69, 9.17) is 9.84 Å². The van der Waals surface area contributed by atoms with Gasteiger partial charge in [0.1, 0.15) is 18.7 Å². The second-order valence-electron chi connectivity index (χ2n) is 4.45. The highest BCUT2D eigenvalue weighted by atomic mass is 79.9. The molecule has 7 heteroatoms. The quantitative estimate of drug-likeness (QED) is 0.906. The maximum atomic E-state index is 11.0. The number of carboxylic acids is 1. The zero-order valence-electron chi connectivity index (χ0n) is 11.1. The second kappa shape index (κ2) is 6.04. The Morgan fingerprint density at radius 2 is 2.25 bits per heavy atom. The molecule has 0 aliphatic carbocycles. The summed E-state index contributed by atoms with van der Waals surface area (Å²) in [7, 11) is 0. The van der Waals surface area contributed by atoms with Crippen LogP contribution in [-0.4, -0.2) is 25.8 Å². The molecule has 1 aromatic heterocycles. The lowest BCUT2D eigenvalue weighted by atomic mass is 10.2. The van der Waals surface area contributed by atoms with Crippen molar-refractivity contribution in [3.63, 3.8) is 0 Å². The van der Waals surface area contributed by atoms with Crippen LogP contribution in [0.2, 0.25) is 0 Å². The third-order valence-electron chi connectivity index (χ3n) is 2.67. The topological polar surface area (TPSA) is 77.2 Å². The Morgan fingerprint density at radius 3 is 2.90 bits per heavy atom. The largest absolute Gasteiger partial charge is 0.486 e. The van der Waals surface area contributed by atoms with Gasteiger partial charge < -0.3 is 9.84 Å². The first-order valence-electron chi connectivity index (χ1n) is 6.03. The highest BCUT2D eigenvalue weighted by Crippen LogP contribution is 2.23. The first-order chi connectivity index (χ1) is 9.49. The van der Waals surface area contributed by atoms with Crippen LogP contribution >= 0.6 is 15.9 Å². The molecule has 1 N–H and O–H groups in total. The van der Waals surface area contributed by atoms with E-state index < -0.39 is 5.97 Å². The smallest absolute Gasteiger partial charge is 0.336 e. The molecule has 2 rings (SSSR count). The van der Waals surface area contributed by atoms with Crippen LogP contribution in [0.25, 0.3) is 0 Å². The third kappa shape index (κ3) is 3.16. The predicted molar refractivity (Wildman–Crippen MR) is 75.8 cm³/mol. The number of nitrogens with zero attached hydrogens (tertiary/aromatic N) is 3. The standard InChI is InChI=1S/C13H14BrN3O3/c1-8(2)17-12(15-7-16-17)6-20-9-3-4-11(14)10(5-9)13(18)19/h3-5,7-8H,6H2,1-2H3,(H,18,19). The highest BCUT2D eigenvalue weighted by molar-refractivity contribution is 9.10. The van der Waals surface area contributed by atoms with Gasteiger partial charge in [-0.05, 0) is 48.0 Å². The molecule has 0 radical (unpaired) electrons. The predicted octanol–water partition coefficient (Wildman–Crippen LogP) is 2.90. The zero-order valence-corrected chi connectivity index (χ0v) is 12.7. The Hall–Kier alpha value is -1.89. The summed E-state index contributed by atoms with van der Waals surface area (Å²) in [6.07, 6.45) is 1.48. The van der Waals surface area contributed by atoms with Gasteiger partial charge in [0, 0.05) is 10.5 Å². The van der Waals surface area contributed by atoms with E-state index in [1.807, 2.05) is 13.8 Å². The molecular formula is C13H14BrN3O3. The first kappa shape index (κ1) is 14.5. The fourth-order valence-corrected chi connectivity index (χ4v) is 2.13. The maximum absolute atomic E-state index is 11.0. The van der Waals surface area contributed by atoms with Gasteiger partial charge in [-0.1, -0.05) is 0 Å². The molecule has 0 fully saturated rings. The lowest BCUT2D eigenvalue weighted by Crippen LogP contribution is -2.11. The van der Waals surface area contributed by atoms with Crippen molar-refractivity contribution in [1.29, 1.82) is 0 Å². The molecule has 0 atom stereocenters.